The van der Waals surface area contributed by atoms with E-state index in [0.29, 0.717) is 0 Å². The lowest BCUT2D eigenvalue weighted by Gasteiger charge is -1.97. The lowest BCUT2D eigenvalue weighted by molar-refractivity contribution is 0.617. The minimum Gasteiger partial charge on any atom is -0.207 e. The number of hydrogen-bond donors (Lipinski definition) is 0. The third-order valence-electron chi connectivity index (χ3n) is 1.54. The smallest absolute Gasteiger partial charge is 0.126 e. The van der Waals surface area contributed by atoms with Gasteiger partial charge in [0.25, 0.3) is 0 Å². The maximum atomic E-state index is 12.6. The molecule has 1 aromatic carbocycles. The van der Waals surface area contributed by atoms with Crippen LogP contribution in [0.15, 0.2) is 18.2 Å². The van der Waals surface area contributed by atoms with E-state index in [9.17, 15) is 4.39 Å². The number of rotatable bonds is 0. The molecular formula is C10H15F. The van der Waals surface area contributed by atoms with Crippen LogP contribution in [0.3, 0.4) is 0 Å². The van der Waals surface area contributed by atoms with E-state index < -0.39 is 0 Å². The van der Waals surface area contributed by atoms with Gasteiger partial charge in [-0.2, -0.15) is 0 Å². The van der Waals surface area contributed by atoms with Crippen LogP contribution in [0, 0.1) is 19.7 Å². The van der Waals surface area contributed by atoms with Gasteiger partial charge in [-0.3, -0.25) is 0 Å². The summed E-state index contributed by atoms with van der Waals surface area (Å²) in [7, 11) is 0. The number of halogens is 1. The summed E-state index contributed by atoms with van der Waals surface area (Å²) in [4.78, 5) is 0. The second kappa shape index (κ2) is 4.89. The van der Waals surface area contributed by atoms with Gasteiger partial charge in [0.05, 0.1) is 0 Å². The van der Waals surface area contributed by atoms with Gasteiger partial charge in [-0.05, 0) is 31.0 Å². The average molecular weight is 154 g/mol. The molecule has 1 rings (SSSR count). The lowest BCUT2D eigenvalue weighted by atomic mass is 10.1. The van der Waals surface area contributed by atoms with E-state index in [4.69, 9.17) is 0 Å². The van der Waals surface area contributed by atoms with Crippen molar-refractivity contribution in [2.75, 3.05) is 0 Å². The molecule has 0 aliphatic rings. The summed E-state index contributed by atoms with van der Waals surface area (Å²) < 4.78 is 12.6. The summed E-state index contributed by atoms with van der Waals surface area (Å²) in [5.74, 6) is -0.116. The van der Waals surface area contributed by atoms with Crippen molar-refractivity contribution in [3.8, 4) is 0 Å². The molecule has 1 aromatic rings. The molecule has 0 unspecified atom stereocenters. The minimum atomic E-state index is -0.116. The summed E-state index contributed by atoms with van der Waals surface area (Å²) >= 11 is 0. The fourth-order valence-electron chi connectivity index (χ4n) is 0.715. The number of aryl methyl sites for hydroxylation is 1. The molecule has 0 spiro atoms. The molecule has 62 valence electrons. The van der Waals surface area contributed by atoms with E-state index >= 15 is 0 Å². The van der Waals surface area contributed by atoms with E-state index in [-0.39, 0.29) is 5.82 Å². The second-order valence-corrected chi connectivity index (χ2v) is 2.18. The van der Waals surface area contributed by atoms with Gasteiger partial charge in [0, 0.05) is 0 Å². The number of benzene rings is 1. The Balaban J connectivity index is 0.000000461. The van der Waals surface area contributed by atoms with Crippen LogP contribution < -0.4 is 0 Å². The molecule has 0 aliphatic carbocycles. The summed E-state index contributed by atoms with van der Waals surface area (Å²) in [5.41, 5.74) is 1.76. The first-order chi connectivity index (χ1) is 5.22. The van der Waals surface area contributed by atoms with Crippen molar-refractivity contribution >= 4 is 0 Å². The first-order valence-electron chi connectivity index (χ1n) is 3.93. The molecule has 0 nitrogen and oxygen atoms in total. The highest BCUT2D eigenvalue weighted by molar-refractivity contribution is 5.25. The first kappa shape index (κ1) is 10.2. The van der Waals surface area contributed by atoms with Gasteiger partial charge in [-0.15, -0.1) is 0 Å². The highest BCUT2D eigenvalue weighted by Gasteiger charge is 1.95. The van der Waals surface area contributed by atoms with Gasteiger partial charge < -0.3 is 0 Å². The SMILES string of the molecule is CC.Cc1cccc(F)c1C. The molecule has 0 N–H and O–H groups in total. The minimum absolute atomic E-state index is 0.116. The Kier molecular flexibility index (Phi) is 4.51. The van der Waals surface area contributed by atoms with E-state index in [0.717, 1.165) is 11.1 Å². The predicted molar refractivity (Wildman–Crippen MR) is 47.2 cm³/mol. The zero-order valence-corrected chi connectivity index (χ0v) is 7.61. The molecule has 0 saturated carbocycles. The molecule has 1 heteroatoms. The monoisotopic (exact) mass is 154 g/mol. The van der Waals surface area contributed by atoms with E-state index in [1.165, 1.54) is 6.07 Å². The molecule has 0 fully saturated rings. The van der Waals surface area contributed by atoms with Crippen molar-refractivity contribution in [3.05, 3.63) is 35.1 Å². The highest BCUT2D eigenvalue weighted by atomic mass is 19.1. The maximum absolute atomic E-state index is 12.6. The first-order valence-corrected chi connectivity index (χ1v) is 3.93. The third kappa shape index (κ3) is 2.71. The molecule has 0 atom stereocenters. The largest absolute Gasteiger partial charge is 0.207 e. The van der Waals surface area contributed by atoms with Crippen molar-refractivity contribution < 1.29 is 4.39 Å². The van der Waals surface area contributed by atoms with E-state index in [2.05, 4.69) is 0 Å². The van der Waals surface area contributed by atoms with Crippen LogP contribution in [0.5, 0.6) is 0 Å². The Hall–Kier alpha value is -0.850. The summed E-state index contributed by atoms with van der Waals surface area (Å²) in [6.45, 7) is 7.68. The molecule has 0 aliphatic heterocycles. The zero-order chi connectivity index (χ0) is 8.85. The van der Waals surface area contributed by atoms with Crippen LogP contribution in [-0.2, 0) is 0 Å². The normalized spacial score (nSPS) is 8.45. The van der Waals surface area contributed by atoms with Gasteiger partial charge in [0.1, 0.15) is 5.82 Å². The summed E-state index contributed by atoms with van der Waals surface area (Å²) in [5, 5.41) is 0. The van der Waals surface area contributed by atoms with Crippen molar-refractivity contribution in [1.82, 2.24) is 0 Å². The standard InChI is InChI=1S/C8H9F.C2H6/c1-6-4-3-5-8(9)7(6)2;1-2/h3-5H,1-2H3;1-2H3. The van der Waals surface area contributed by atoms with Crippen LogP contribution in [0.2, 0.25) is 0 Å². The summed E-state index contributed by atoms with van der Waals surface area (Å²) in [6, 6.07) is 5.10. The average Bonchev–Trinajstić information content (AvgIpc) is 2.04. The molecular weight excluding hydrogens is 139 g/mol. The fraction of sp³-hybridized carbons (Fsp3) is 0.400. The van der Waals surface area contributed by atoms with Crippen molar-refractivity contribution in [3.63, 3.8) is 0 Å². The summed E-state index contributed by atoms with van der Waals surface area (Å²) in [6.07, 6.45) is 0. The van der Waals surface area contributed by atoms with Crippen molar-refractivity contribution in [2.24, 2.45) is 0 Å². The van der Waals surface area contributed by atoms with E-state index in [1.54, 1.807) is 13.0 Å². The van der Waals surface area contributed by atoms with Gasteiger partial charge >= 0.3 is 0 Å². The van der Waals surface area contributed by atoms with Gasteiger partial charge in [-0.1, -0.05) is 26.0 Å². The van der Waals surface area contributed by atoms with Crippen LogP contribution in [0.4, 0.5) is 4.39 Å². The molecule has 0 heterocycles. The topological polar surface area (TPSA) is 0 Å². The van der Waals surface area contributed by atoms with Crippen LogP contribution in [0.1, 0.15) is 25.0 Å². The number of hydrogen-bond acceptors (Lipinski definition) is 0. The Morgan fingerprint density at radius 2 is 1.64 bits per heavy atom. The van der Waals surface area contributed by atoms with Gasteiger partial charge in [-0.25, -0.2) is 4.39 Å². The fourth-order valence-corrected chi connectivity index (χ4v) is 0.715. The molecule has 0 saturated heterocycles. The van der Waals surface area contributed by atoms with E-state index in [1.807, 2.05) is 26.8 Å². The molecule has 0 amide bonds. The second-order valence-electron chi connectivity index (χ2n) is 2.18. The van der Waals surface area contributed by atoms with Crippen LogP contribution in [-0.4, -0.2) is 0 Å². The Morgan fingerprint density at radius 1 is 1.09 bits per heavy atom. The highest BCUT2D eigenvalue weighted by Crippen LogP contribution is 2.09. The van der Waals surface area contributed by atoms with Gasteiger partial charge in [0.15, 0.2) is 0 Å². The molecule has 0 aromatic heterocycles. The molecule has 11 heavy (non-hydrogen) atoms. The Labute approximate surface area is 68.1 Å². The Bertz CT molecular complexity index is 196. The van der Waals surface area contributed by atoms with Gasteiger partial charge in [0.2, 0.25) is 0 Å². The van der Waals surface area contributed by atoms with Crippen molar-refractivity contribution in [1.29, 1.82) is 0 Å². The third-order valence-corrected chi connectivity index (χ3v) is 1.54. The predicted octanol–water partition coefficient (Wildman–Crippen LogP) is 3.47. The molecule has 0 bridgehead atoms. The van der Waals surface area contributed by atoms with Crippen molar-refractivity contribution in [2.45, 2.75) is 27.7 Å². The lowest BCUT2D eigenvalue weighted by Crippen LogP contribution is -1.83. The zero-order valence-electron chi connectivity index (χ0n) is 7.61. The maximum Gasteiger partial charge on any atom is 0.126 e. The quantitative estimate of drug-likeness (QED) is 0.536. The molecule has 0 radical (unpaired) electrons. The Morgan fingerprint density at radius 3 is 2.00 bits per heavy atom. The van der Waals surface area contributed by atoms with Crippen LogP contribution >= 0.6 is 0 Å². The van der Waals surface area contributed by atoms with Crippen LogP contribution in [0.25, 0.3) is 0 Å².